The zero-order valence-electron chi connectivity index (χ0n) is 12.2. The summed E-state index contributed by atoms with van der Waals surface area (Å²) in [6.07, 6.45) is 2.67. The fraction of sp³-hybridized carbons (Fsp3) is 0.211. The molecule has 1 atom stereocenters. The minimum atomic E-state index is 0.108. The number of hydrogen-bond acceptors (Lipinski definition) is 1. The van der Waals surface area contributed by atoms with Crippen molar-refractivity contribution in [2.24, 2.45) is 0 Å². The monoisotopic (exact) mass is 277 g/mol. The number of nitrogens with zero attached hydrogens (tertiary/aromatic N) is 1. The lowest BCUT2D eigenvalue weighted by Gasteiger charge is -2.35. The van der Waals surface area contributed by atoms with E-state index in [0.29, 0.717) is 6.54 Å². The molecule has 0 aromatic heterocycles. The predicted octanol–water partition coefficient (Wildman–Crippen LogP) is 4.11. The minimum Gasteiger partial charge on any atom is -0.327 e. The molecule has 1 heterocycles. The Kier molecular flexibility index (Phi) is 3.87. The van der Waals surface area contributed by atoms with Crippen LogP contribution in [-0.2, 0) is 11.3 Å². The first-order chi connectivity index (χ1) is 10.2. The van der Waals surface area contributed by atoms with E-state index in [1.54, 1.807) is 6.08 Å². The first kappa shape index (κ1) is 13.6. The fourth-order valence-electron chi connectivity index (χ4n) is 2.86. The molecular weight excluding hydrogens is 258 g/mol. The molecule has 3 rings (SSSR count). The first-order valence-electron chi connectivity index (χ1n) is 7.30. The quantitative estimate of drug-likeness (QED) is 0.827. The molecule has 0 radical (unpaired) electrons. The maximum absolute atomic E-state index is 12.4. The maximum atomic E-state index is 12.4. The van der Waals surface area contributed by atoms with Gasteiger partial charge in [0.05, 0.1) is 6.04 Å². The summed E-state index contributed by atoms with van der Waals surface area (Å²) in [7, 11) is 0. The van der Waals surface area contributed by atoms with Gasteiger partial charge in [0.1, 0.15) is 0 Å². The van der Waals surface area contributed by atoms with Gasteiger partial charge in [0.25, 0.3) is 0 Å². The summed E-state index contributed by atoms with van der Waals surface area (Å²) in [5, 5.41) is 0. The Bertz CT molecular complexity index is 646. The standard InChI is InChI=1S/C19H19NO/c1-15-12-18(17-10-6-3-7-11-17)20(19(21)13-15)14-16-8-4-2-5-9-16/h2-11,13,18H,12,14H2,1H3. The fourth-order valence-corrected chi connectivity index (χ4v) is 2.86. The normalized spacial score (nSPS) is 18.5. The van der Waals surface area contributed by atoms with E-state index < -0.39 is 0 Å². The lowest BCUT2D eigenvalue weighted by atomic mass is 9.94. The van der Waals surface area contributed by atoms with E-state index >= 15 is 0 Å². The zero-order valence-corrected chi connectivity index (χ0v) is 12.2. The third kappa shape index (κ3) is 3.05. The summed E-state index contributed by atoms with van der Waals surface area (Å²) >= 11 is 0. The number of amides is 1. The summed E-state index contributed by atoms with van der Waals surface area (Å²) in [5.74, 6) is 0.108. The minimum absolute atomic E-state index is 0.108. The van der Waals surface area contributed by atoms with E-state index in [1.165, 1.54) is 11.1 Å². The lowest BCUT2D eigenvalue weighted by Crippen LogP contribution is -2.36. The van der Waals surface area contributed by atoms with Crippen molar-refractivity contribution in [1.29, 1.82) is 0 Å². The molecule has 2 nitrogen and oxygen atoms in total. The Hall–Kier alpha value is -2.35. The van der Waals surface area contributed by atoms with Crippen LogP contribution in [0.15, 0.2) is 72.3 Å². The van der Waals surface area contributed by atoms with E-state index in [2.05, 4.69) is 24.3 Å². The van der Waals surface area contributed by atoms with Crippen molar-refractivity contribution in [3.05, 3.63) is 83.4 Å². The Balaban J connectivity index is 1.92. The smallest absolute Gasteiger partial charge is 0.247 e. The van der Waals surface area contributed by atoms with Crippen LogP contribution < -0.4 is 0 Å². The van der Waals surface area contributed by atoms with Gasteiger partial charge < -0.3 is 4.90 Å². The molecule has 1 amide bonds. The van der Waals surface area contributed by atoms with Crippen molar-refractivity contribution < 1.29 is 4.79 Å². The number of carbonyl (C=O) groups excluding carboxylic acids is 1. The average Bonchev–Trinajstić information content (AvgIpc) is 2.51. The van der Waals surface area contributed by atoms with Crippen LogP contribution >= 0.6 is 0 Å². The van der Waals surface area contributed by atoms with Gasteiger partial charge in [-0.3, -0.25) is 4.79 Å². The summed E-state index contributed by atoms with van der Waals surface area (Å²) in [4.78, 5) is 14.4. The van der Waals surface area contributed by atoms with Gasteiger partial charge in [0, 0.05) is 12.6 Å². The molecule has 2 heteroatoms. The van der Waals surface area contributed by atoms with Crippen molar-refractivity contribution in [2.45, 2.75) is 25.9 Å². The molecule has 1 aliphatic heterocycles. The molecule has 106 valence electrons. The highest BCUT2D eigenvalue weighted by Crippen LogP contribution is 2.32. The van der Waals surface area contributed by atoms with Crippen LogP contribution in [-0.4, -0.2) is 10.8 Å². The molecule has 0 N–H and O–H groups in total. The van der Waals surface area contributed by atoms with E-state index in [-0.39, 0.29) is 11.9 Å². The SMILES string of the molecule is CC1=CC(=O)N(Cc2ccccc2)C(c2ccccc2)C1. The van der Waals surface area contributed by atoms with Crippen LogP contribution in [0.4, 0.5) is 0 Å². The van der Waals surface area contributed by atoms with E-state index in [1.807, 2.05) is 48.2 Å². The van der Waals surface area contributed by atoms with E-state index in [9.17, 15) is 4.79 Å². The van der Waals surface area contributed by atoms with E-state index in [0.717, 1.165) is 12.0 Å². The van der Waals surface area contributed by atoms with Crippen molar-refractivity contribution in [3.63, 3.8) is 0 Å². The van der Waals surface area contributed by atoms with Crippen LogP contribution in [0.3, 0.4) is 0 Å². The van der Waals surface area contributed by atoms with Crippen LogP contribution in [0.5, 0.6) is 0 Å². The number of benzene rings is 2. The zero-order chi connectivity index (χ0) is 14.7. The van der Waals surface area contributed by atoms with Crippen molar-refractivity contribution in [1.82, 2.24) is 4.90 Å². The molecular formula is C19H19NO. The Morgan fingerprint density at radius 1 is 1.00 bits per heavy atom. The van der Waals surface area contributed by atoms with Crippen LogP contribution in [0, 0.1) is 0 Å². The summed E-state index contributed by atoms with van der Waals surface area (Å²) in [6.45, 7) is 2.69. The largest absolute Gasteiger partial charge is 0.327 e. The Labute approximate surface area is 125 Å². The predicted molar refractivity (Wildman–Crippen MR) is 84.5 cm³/mol. The maximum Gasteiger partial charge on any atom is 0.247 e. The number of rotatable bonds is 3. The van der Waals surface area contributed by atoms with Gasteiger partial charge in [0.2, 0.25) is 5.91 Å². The molecule has 2 aromatic rings. The summed E-state index contributed by atoms with van der Waals surface area (Å²) < 4.78 is 0. The van der Waals surface area contributed by atoms with Gasteiger partial charge in [-0.05, 0) is 24.5 Å². The Morgan fingerprint density at radius 2 is 1.62 bits per heavy atom. The summed E-state index contributed by atoms with van der Waals surface area (Å²) in [6, 6.07) is 20.6. The molecule has 0 fully saturated rings. The van der Waals surface area contributed by atoms with Crippen molar-refractivity contribution in [3.8, 4) is 0 Å². The van der Waals surface area contributed by atoms with Crippen molar-refractivity contribution in [2.75, 3.05) is 0 Å². The molecule has 1 aliphatic rings. The van der Waals surface area contributed by atoms with Gasteiger partial charge in [-0.25, -0.2) is 0 Å². The first-order valence-corrected chi connectivity index (χ1v) is 7.30. The van der Waals surface area contributed by atoms with Crippen LogP contribution in [0.1, 0.15) is 30.5 Å². The highest BCUT2D eigenvalue weighted by atomic mass is 16.2. The molecule has 0 saturated carbocycles. The number of carbonyl (C=O) groups is 1. The third-order valence-corrected chi connectivity index (χ3v) is 3.92. The molecule has 2 aromatic carbocycles. The van der Waals surface area contributed by atoms with Gasteiger partial charge in [-0.15, -0.1) is 0 Å². The average molecular weight is 277 g/mol. The molecule has 1 unspecified atom stereocenters. The van der Waals surface area contributed by atoms with Crippen LogP contribution in [0.25, 0.3) is 0 Å². The molecule has 21 heavy (non-hydrogen) atoms. The van der Waals surface area contributed by atoms with Gasteiger partial charge >= 0.3 is 0 Å². The van der Waals surface area contributed by atoms with Crippen LogP contribution in [0.2, 0.25) is 0 Å². The molecule has 0 saturated heterocycles. The lowest BCUT2D eigenvalue weighted by molar-refractivity contribution is -0.130. The highest BCUT2D eigenvalue weighted by molar-refractivity contribution is 5.89. The number of hydrogen-bond donors (Lipinski definition) is 0. The third-order valence-electron chi connectivity index (χ3n) is 3.92. The van der Waals surface area contributed by atoms with Gasteiger partial charge in [0.15, 0.2) is 0 Å². The van der Waals surface area contributed by atoms with Gasteiger partial charge in [-0.1, -0.05) is 66.2 Å². The second kappa shape index (κ2) is 5.96. The summed E-state index contributed by atoms with van der Waals surface area (Å²) in [5.41, 5.74) is 3.52. The van der Waals surface area contributed by atoms with E-state index in [4.69, 9.17) is 0 Å². The van der Waals surface area contributed by atoms with Gasteiger partial charge in [-0.2, -0.15) is 0 Å². The Morgan fingerprint density at radius 3 is 2.29 bits per heavy atom. The highest BCUT2D eigenvalue weighted by Gasteiger charge is 2.28. The molecule has 0 bridgehead atoms. The topological polar surface area (TPSA) is 20.3 Å². The second-order valence-corrected chi connectivity index (χ2v) is 5.57. The molecule has 0 spiro atoms. The van der Waals surface area contributed by atoms with Crippen molar-refractivity contribution >= 4 is 5.91 Å². The second-order valence-electron chi connectivity index (χ2n) is 5.57. The molecule has 0 aliphatic carbocycles.